The predicted molar refractivity (Wildman–Crippen MR) is 153 cm³/mol. The number of para-hydroxylation sites is 1. The van der Waals surface area contributed by atoms with E-state index in [1.54, 1.807) is 47.8 Å². The SMILES string of the molecule is CC(=O)N1CCN(c2nccc(Oc3cccc4cc(C(=O)O)n(C)c34)n2)CC1.COc1cc(Cl)c(C(F)(F)F)cc1[NH-]. The van der Waals surface area contributed by atoms with Gasteiger partial charge in [0.2, 0.25) is 17.7 Å². The highest BCUT2D eigenvalue weighted by Crippen LogP contribution is 2.41. The van der Waals surface area contributed by atoms with Crippen molar-refractivity contribution in [3.63, 3.8) is 0 Å². The van der Waals surface area contributed by atoms with Crippen LogP contribution in [0, 0.1) is 0 Å². The van der Waals surface area contributed by atoms with Gasteiger partial charge in [-0.25, -0.2) is 9.78 Å². The molecule has 2 aromatic carbocycles. The number of nitrogens with zero attached hydrogens (tertiary/aromatic N) is 5. The number of anilines is 1. The van der Waals surface area contributed by atoms with E-state index >= 15 is 0 Å². The lowest BCUT2D eigenvalue weighted by Gasteiger charge is -2.34. The normalized spacial score (nSPS) is 13.4. The van der Waals surface area contributed by atoms with Crippen LogP contribution in [0.1, 0.15) is 23.0 Å². The minimum Gasteiger partial charge on any atom is -0.696 e. The number of carboxylic acid groups (broad SMARTS) is 1. The van der Waals surface area contributed by atoms with Crippen molar-refractivity contribution in [2.75, 3.05) is 38.2 Å². The van der Waals surface area contributed by atoms with E-state index in [2.05, 4.69) is 14.7 Å². The molecule has 0 saturated carbocycles. The summed E-state index contributed by atoms with van der Waals surface area (Å²) in [5, 5.41) is 9.68. The van der Waals surface area contributed by atoms with Crippen LogP contribution in [-0.4, -0.2) is 69.7 Å². The summed E-state index contributed by atoms with van der Waals surface area (Å²) in [6.07, 6.45) is -2.91. The van der Waals surface area contributed by atoms with Crippen LogP contribution in [0.2, 0.25) is 5.02 Å². The summed E-state index contributed by atoms with van der Waals surface area (Å²) in [7, 11) is 2.95. The van der Waals surface area contributed by atoms with E-state index < -0.39 is 22.7 Å². The van der Waals surface area contributed by atoms with E-state index in [1.165, 1.54) is 7.11 Å². The Kier molecular flexibility index (Phi) is 9.19. The van der Waals surface area contributed by atoms with Gasteiger partial charge in [0.05, 0.1) is 23.2 Å². The van der Waals surface area contributed by atoms with E-state index in [4.69, 9.17) is 22.1 Å². The summed E-state index contributed by atoms with van der Waals surface area (Å²) in [5.41, 5.74) is 6.70. The first-order valence-corrected chi connectivity index (χ1v) is 13.2. The van der Waals surface area contributed by atoms with Crippen molar-refractivity contribution in [1.82, 2.24) is 19.4 Å². The number of aromatic carboxylic acids is 1. The number of rotatable bonds is 5. The lowest BCUT2D eigenvalue weighted by atomic mass is 10.2. The van der Waals surface area contributed by atoms with Crippen LogP contribution in [0.15, 0.2) is 48.7 Å². The zero-order valence-electron chi connectivity index (χ0n) is 23.3. The third kappa shape index (κ3) is 7.02. The van der Waals surface area contributed by atoms with E-state index in [0.717, 1.165) is 11.5 Å². The molecule has 4 aromatic rings. The smallest absolute Gasteiger partial charge is 0.417 e. The number of aromatic nitrogens is 3. The zero-order chi connectivity index (χ0) is 31.5. The molecule has 0 unspecified atom stereocenters. The lowest BCUT2D eigenvalue weighted by molar-refractivity contribution is -0.137. The Morgan fingerprint density at radius 1 is 1.07 bits per heavy atom. The second kappa shape index (κ2) is 12.7. The fourth-order valence-corrected chi connectivity index (χ4v) is 4.74. The number of carbonyl (C=O) groups excluding carboxylic acids is 1. The maximum atomic E-state index is 12.3. The van der Waals surface area contributed by atoms with Gasteiger partial charge in [-0.2, -0.15) is 18.2 Å². The van der Waals surface area contributed by atoms with Crippen LogP contribution in [0.5, 0.6) is 17.4 Å². The van der Waals surface area contributed by atoms with Gasteiger partial charge in [-0.05, 0) is 18.2 Å². The average Bonchev–Trinajstić information content (AvgIpc) is 3.31. The van der Waals surface area contributed by atoms with Crippen LogP contribution in [0.4, 0.5) is 24.8 Å². The molecule has 43 heavy (non-hydrogen) atoms. The first kappa shape index (κ1) is 31.2. The molecule has 2 N–H and O–H groups in total. The van der Waals surface area contributed by atoms with Gasteiger partial charge in [-0.3, -0.25) is 4.79 Å². The number of nitrogens with one attached hydrogen (secondary N) is 1. The predicted octanol–water partition coefficient (Wildman–Crippen LogP) is 6.18. The number of methoxy groups -OCH3 is 1. The van der Waals surface area contributed by atoms with Crippen LogP contribution < -0.4 is 14.4 Å². The first-order chi connectivity index (χ1) is 20.3. The number of hydrogen-bond acceptors (Lipinski definition) is 7. The number of carboxylic acids is 1. The summed E-state index contributed by atoms with van der Waals surface area (Å²) in [6.45, 7) is 4.13. The van der Waals surface area contributed by atoms with E-state index in [0.29, 0.717) is 55.3 Å². The molecule has 15 heteroatoms. The van der Waals surface area contributed by atoms with Crippen molar-refractivity contribution >= 4 is 46.0 Å². The average molecular weight is 620 g/mol. The minimum atomic E-state index is -4.54. The third-order valence-electron chi connectivity index (χ3n) is 6.67. The van der Waals surface area contributed by atoms with Crippen LogP contribution in [-0.2, 0) is 18.0 Å². The summed E-state index contributed by atoms with van der Waals surface area (Å²) in [5.74, 6) is 0.514. The molecular weight excluding hydrogens is 593 g/mol. The molecule has 2 aromatic heterocycles. The molecule has 0 radical (unpaired) electrons. The van der Waals surface area contributed by atoms with Crippen molar-refractivity contribution in [2.45, 2.75) is 13.1 Å². The monoisotopic (exact) mass is 619 g/mol. The molecule has 1 amide bonds. The number of amides is 1. The first-order valence-electron chi connectivity index (χ1n) is 12.8. The number of benzene rings is 2. The fourth-order valence-electron chi connectivity index (χ4n) is 4.48. The van der Waals surface area contributed by atoms with Crippen molar-refractivity contribution in [2.24, 2.45) is 7.05 Å². The number of halogens is 4. The number of alkyl halides is 3. The number of aryl methyl sites for hydroxylation is 1. The topological polar surface area (TPSA) is 134 Å². The van der Waals surface area contributed by atoms with E-state index in [1.807, 2.05) is 17.0 Å². The summed E-state index contributed by atoms with van der Waals surface area (Å²) < 4.78 is 49.0. The van der Waals surface area contributed by atoms with Gasteiger partial charge in [-0.15, -0.1) is 0 Å². The van der Waals surface area contributed by atoms with Crippen molar-refractivity contribution in [3.8, 4) is 17.4 Å². The molecule has 5 rings (SSSR count). The van der Waals surface area contributed by atoms with E-state index in [-0.39, 0.29) is 23.0 Å². The van der Waals surface area contributed by atoms with E-state index in [9.17, 15) is 27.9 Å². The van der Waals surface area contributed by atoms with Crippen molar-refractivity contribution < 1.29 is 37.3 Å². The largest absolute Gasteiger partial charge is 0.696 e. The second-order valence-electron chi connectivity index (χ2n) is 9.41. The molecule has 3 heterocycles. The van der Waals surface area contributed by atoms with Crippen LogP contribution in [0.25, 0.3) is 16.6 Å². The Labute approximate surface area is 249 Å². The minimum absolute atomic E-state index is 0.0167. The molecule has 0 spiro atoms. The molecular formula is C28H27ClF3N6O5-. The summed E-state index contributed by atoms with van der Waals surface area (Å²) >= 11 is 5.38. The molecule has 1 fully saturated rings. The molecule has 0 aliphatic carbocycles. The van der Waals surface area contributed by atoms with Crippen LogP contribution in [0.3, 0.4) is 0 Å². The Bertz CT molecular complexity index is 1650. The number of fused-ring (bicyclic) bond motifs is 1. The number of hydrogen-bond donors (Lipinski definition) is 1. The molecule has 11 nitrogen and oxygen atoms in total. The summed E-state index contributed by atoms with van der Waals surface area (Å²) in [6, 6.07) is 10.3. The van der Waals surface area contributed by atoms with Gasteiger partial charge < -0.3 is 34.7 Å². The number of carbonyl (C=O) groups is 2. The molecule has 0 bridgehead atoms. The highest BCUT2D eigenvalue weighted by Gasteiger charge is 2.33. The van der Waals surface area contributed by atoms with Crippen LogP contribution >= 0.6 is 11.6 Å². The van der Waals surface area contributed by atoms with Crippen molar-refractivity contribution in [3.05, 3.63) is 70.7 Å². The lowest BCUT2D eigenvalue weighted by Crippen LogP contribution is -2.48. The number of piperazine rings is 1. The van der Waals surface area contributed by atoms with Gasteiger partial charge in [0, 0.05) is 57.8 Å². The number of ether oxygens (including phenoxy) is 2. The second-order valence-corrected chi connectivity index (χ2v) is 9.82. The Hall–Kier alpha value is -4.72. The Morgan fingerprint density at radius 2 is 1.77 bits per heavy atom. The fraction of sp³-hybridized carbons (Fsp3) is 0.286. The highest BCUT2D eigenvalue weighted by atomic mass is 35.5. The molecule has 0 atom stereocenters. The van der Waals surface area contributed by atoms with Gasteiger partial charge in [0.15, 0.2) is 5.75 Å². The Balaban J connectivity index is 0.000000255. The molecule has 1 aliphatic rings. The standard InChI is InChI=1S/C20H21N5O4.C8H6ClF3NO/c1-13(26)24-8-10-25(11-9-24)20-21-7-6-17(22-20)29-16-5-3-4-14-12-15(19(27)28)23(2)18(14)16;1-14-7-3-5(9)4(2-6(7)13)8(10,11)12/h3-7,12H,8-11H2,1-2H3,(H,27,28);2-3,13H,1H3/q;-1. The van der Waals surface area contributed by atoms with Gasteiger partial charge in [0.1, 0.15) is 11.4 Å². The maximum Gasteiger partial charge on any atom is 0.417 e. The van der Waals surface area contributed by atoms with Gasteiger partial charge >= 0.3 is 12.1 Å². The quantitative estimate of drug-likeness (QED) is 0.280. The highest BCUT2D eigenvalue weighted by molar-refractivity contribution is 6.31. The third-order valence-corrected chi connectivity index (χ3v) is 6.99. The van der Waals surface area contributed by atoms with Gasteiger partial charge in [-0.1, -0.05) is 35.5 Å². The molecule has 228 valence electrons. The maximum absolute atomic E-state index is 12.3. The molecule has 1 aliphatic heterocycles. The molecule has 1 saturated heterocycles. The zero-order valence-corrected chi connectivity index (χ0v) is 24.0. The summed E-state index contributed by atoms with van der Waals surface area (Å²) in [4.78, 5) is 35.6. The van der Waals surface area contributed by atoms with Gasteiger partial charge in [0.25, 0.3) is 0 Å². The Morgan fingerprint density at radius 3 is 2.37 bits per heavy atom. The van der Waals surface area contributed by atoms with Crippen molar-refractivity contribution in [1.29, 1.82) is 0 Å².